The van der Waals surface area contributed by atoms with Crippen molar-refractivity contribution in [3.8, 4) is 0 Å². The molecule has 2 aliphatic rings. The summed E-state index contributed by atoms with van der Waals surface area (Å²) >= 11 is 1.08. The molecule has 0 bridgehead atoms. The number of anilines is 1. The third-order valence-corrected chi connectivity index (χ3v) is 6.18. The molecule has 0 aliphatic carbocycles. The lowest BCUT2D eigenvalue weighted by molar-refractivity contribution is -0.124. The summed E-state index contributed by atoms with van der Waals surface area (Å²) in [4.78, 5) is 25.6. The summed E-state index contributed by atoms with van der Waals surface area (Å²) in [5.41, 5.74) is 0. The smallest absolute Gasteiger partial charge is 0.376 e. The fraction of sp³-hybridized carbons (Fsp3) is 0.778. The number of amides is 3. The monoisotopic (exact) mass is 464 g/mol. The second-order valence-electron chi connectivity index (χ2n) is 7.83. The molecule has 1 aromatic rings. The van der Waals surface area contributed by atoms with Crippen LogP contribution in [0.25, 0.3) is 0 Å². The van der Waals surface area contributed by atoms with Gasteiger partial charge in [0.05, 0.1) is 18.4 Å². The average molecular weight is 465 g/mol. The number of aromatic nitrogens is 3. The molecule has 1 unspecified atom stereocenters. The average Bonchev–Trinajstić information content (AvgIpc) is 3.35. The topological polar surface area (TPSA) is 101 Å². The Labute approximate surface area is 182 Å². The first-order chi connectivity index (χ1) is 14.7. The van der Waals surface area contributed by atoms with Crippen molar-refractivity contribution in [1.82, 2.24) is 25.4 Å². The number of piperidine rings is 1. The molecule has 0 saturated carbocycles. The molecule has 2 N–H and O–H groups in total. The molecule has 9 nitrogen and oxygen atoms in total. The van der Waals surface area contributed by atoms with E-state index < -0.39 is 24.7 Å². The Kier molecular flexibility index (Phi) is 8.03. The SMILES string of the molecule is CC1CCN(c2nnc(SCC(=O)NC(=O)NCC(F)(F)F)n2CC2CCCO2)CC1. The molecule has 1 atom stereocenters. The van der Waals surface area contributed by atoms with Crippen LogP contribution in [0.5, 0.6) is 0 Å². The first-order valence-electron chi connectivity index (χ1n) is 10.3. The predicted molar refractivity (Wildman–Crippen MR) is 108 cm³/mol. The Bertz CT molecular complexity index is 761. The molecular formula is C18H27F3N6O3S. The van der Waals surface area contributed by atoms with E-state index in [1.807, 2.05) is 9.88 Å². The first-order valence-corrected chi connectivity index (χ1v) is 11.3. The van der Waals surface area contributed by atoms with E-state index in [0.29, 0.717) is 24.2 Å². The maximum absolute atomic E-state index is 12.1. The van der Waals surface area contributed by atoms with Crippen LogP contribution in [0.15, 0.2) is 5.16 Å². The number of halogens is 3. The van der Waals surface area contributed by atoms with E-state index in [4.69, 9.17) is 4.74 Å². The number of hydrogen-bond donors (Lipinski definition) is 2. The first kappa shape index (κ1) is 23.6. The molecule has 0 spiro atoms. The van der Waals surface area contributed by atoms with Gasteiger partial charge >= 0.3 is 12.2 Å². The molecule has 31 heavy (non-hydrogen) atoms. The van der Waals surface area contributed by atoms with Gasteiger partial charge in [0.1, 0.15) is 6.54 Å². The zero-order chi connectivity index (χ0) is 22.4. The van der Waals surface area contributed by atoms with Crippen LogP contribution in [-0.4, -0.2) is 71.0 Å². The number of imide groups is 1. The molecular weight excluding hydrogens is 437 g/mol. The fourth-order valence-corrected chi connectivity index (χ4v) is 4.24. The van der Waals surface area contributed by atoms with Crippen LogP contribution in [0.4, 0.5) is 23.9 Å². The highest BCUT2D eigenvalue weighted by Gasteiger charge is 2.28. The minimum absolute atomic E-state index is 0.0415. The van der Waals surface area contributed by atoms with E-state index in [1.54, 1.807) is 5.32 Å². The molecule has 2 saturated heterocycles. The van der Waals surface area contributed by atoms with Gasteiger partial charge in [0, 0.05) is 19.7 Å². The Hall–Kier alpha value is -2.02. The van der Waals surface area contributed by atoms with Crippen molar-refractivity contribution in [3.63, 3.8) is 0 Å². The van der Waals surface area contributed by atoms with Gasteiger partial charge in [-0.05, 0) is 31.6 Å². The maximum atomic E-state index is 12.1. The summed E-state index contributed by atoms with van der Waals surface area (Å²) < 4.78 is 44.1. The number of alkyl halides is 3. The van der Waals surface area contributed by atoms with Crippen LogP contribution < -0.4 is 15.5 Å². The molecule has 3 rings (SSSR count). The van der Waals surface area contributed by atoms with E-state index in [1.165, 1.54) is 0 Å². The van der Waals surface area contributed by atoms with Crippen LogP contribution in [-0.2, 0) is 16.1 Å². The van der Waals surface area contributed by atoms with Gasteiger partial charge < -0.3 is 15.0 Å². The lowest BCUT2D eigenvalue weighted by Gasteiger charge is -2.31. The van der Waals surface area contributed by atoms with E-state index in [-0.39, 0.29) is 11.9 Å². The van der Waals surface area contributed by atoms with Gasteiger partial charge in [-0.3, -0.25) is 14.7 Å². The van der Waals surface area contributed by atoms with Crippen molar-refractivity contribution in [2.24, 2.45) is 5.92 Å². The van der Waals surface area contributed by atoms with Crippen LogP contribution in [0.2, 0.25) is 0 Å². The Morgan fingerprint density at radius 1 is 1.23 bits per heavy atom. The number of thioether (sulfide) groups is 1. The van der Waals surface area contributed by atoms with Gasteiger partial charge in [0.2, 0.25) is 11.9 Å². The number of urea groups is 1. The number of carbonyl (C=O) groups is 2. The summed E-state index contributed by atoms with van der Waals surface area (Å²) in [5.74, 6) is 0.491. The van der Waals surface area contributed by atoms with E-state index in [2.05, 4.69) is 22.0 Å². The van der Waals surface area contributed by atoms with Crippen molar-refractivity contribution in [2.45, 2.75) is 56.6 Å². The quantitative estimate of drug-likeness (QED) is 0.597. The van der Waals surface area contributed by atoms with Crippen molar-refractivity contribution >= 4 is 29.6 Å². The Balaban J connectivity index is 1.60. The standard InChI is InChI=1S/C18H27F3N6O3S/c1-12-4-6-26(7-5-12)16-24-25-17(27(16)9-13-3-2-8-30-13)31-10-14(28)23-15(29)22-11-18(19,20)21/h12-13H,2-11H2,1H3,(H2,22,23,28,29). The zero-order valence-corrected chi connectivity index (χ0v) is 18.1. The van der Waals surface area contributed by atoms with E-state index in [9.17, 15) is 22.8 Å². The van der Waals surface area contributed by atoms with E-state index in [0.717, 1.165) is 56.5 Å². The molecule has 13 heteroatoms. The van der Waals surface area contributed by atoms with Gasteiger partial charge in [-0.25, -0.2) is 4.79 Å². The number of hydrogen-bond acceptors (Lipinski definition) is 7. The van der Waals surface area contributed by atoms with Crippen molar-refractivity contribution in [2.75, 3.05) is 36.9 Å². The van der Waals surface area contributed by atoms with Crippen molar-refractivity contribution in [1.29, 1.82) is 0 Å². The third kappa shape index (κ3) is 7.27. The Morgan fingerprint density at radius 2 is 1.97 bits per heavy atom. The Morgan fingerprint density at radius 3 is 2.61 bits per heavy atom. The lowest BCUT2D eigenvalue weighted by atomic mass is 10.00. The van der Waals surface area contributed by atoms with Crippen LogP contribution in [0.3, 0.4) is 0 Å². The van der Waals surface area contributed by atoms with Gasteiger partial charge in [-0.1, -0.05) is 18.7 Å². The summed E-state index contributed by atoms with van der Waals surface area (Å²) in [6.07, 6.45) is -0.467. The molecule has 1 aromatic heterocycles. The van der Waals surface area contributed by atoms with Gasteiger partial charge in [-0.2, -0.15) is 13.2 Å². The second kappa shape index (κ2) is 10.5. The lowest BCUT2D eigenvalue weighted by Crippen LogP contribution is -2.44. The number of nitrogens with one attached hydrogen (secondary N) is 2. The molecule has 3 amide bonds. The number of carbonyl (C=O) groups excluding carboxylic acids is 2. The molecule has 2 fully saturated rings. The predicted octanol–water partition coefficient (Wildman–Crippen LogP) is 2.17. The maximum Gasteiger partial charge on any atom is 0.405 e. The zero-order valence-electron chi connectivity index (χ0n) is 17.3. The minimum atomic E-state index is -4.55. The largest absolute Gasteiger partial charge is 0.405 e. The molecule has 2 aliphatic heterocycles. The fourth-order valence-electron chi connectivity index (χ4n) is 3.50. The molecule has 0 radical (unpaired) electrons. The van der Waals surface area contributed by atoms with Gasteiger partial charge in [-0.15, -0.1) is 10.2 Å². The highest BCUT2D eigenvalue weighted by Crippen LogP contribution is 2.28. The number of ether oxygens (including phenoxy) is 1. The van der Waals surface area contributed by atoms with Crippen molar-refractivity contribution in [3.05, 3.63) is 0 Å². The minimum Gasteiger partial charge on any atom is -0.376 e. The molecule has 0 aromatic carbocycles. The van der Waals surface area contributed by atoms with Gasteiger partial charge in [0.25, 0.3) is 0 Å². The highest BCUT2D eigenvalue weighted by atomic mass is 32.2. The summed E-state index contributed by atoms with van der Waals surface area (Å²) in [6.45, 7) is 3.72. The number of rotatable bonds is 7. The second-order valence-corrected chi connectivity index (χ2v) is 8.77. The molecule has 3 heterocycles. The summed E-state index contributed by atoms with van der Waals surface area (Å²) in [5, 5.41) is 12.5. The highest BCUT2D eigenvalue weighted by molar-refractivity contribution is 7.99. The summed E-state index contributed by atoms with van der Waals surface area (Å²) in [6, 6.07) is -1.19. The molecule has 174 valence electrons. The third-order valence-electron chi connectivity index (χ3n) is 5.21. The normalized spacial score (nSPS) is 20.1. The summed E-state index contributed by atoms with van der Waals surface area (Å²) in [7, 11) is 0. The van der Waals surface area contributed by atoms with Crippen LogP contribution in [0.1, 0.15) is 32.6 Å². The van der Waals surface area contributed by atoms with Gasteiger partial charge in [0.15, 0.2) is 5.16 Å². The van der Waals surface area contributed by atoms with Crippen molar-refractivity contribution < 1.29 is 27.5 Å². The van der Waals surface area contributed by atoms with E-state index >= 15 is 0 Å². The number of nitrogens with zero attached hydrogens (tertiary/aromatic N) is 4. The van der Waals surface area contributed by atoms with Crippen LogP contribution in [0, 0.1) is 5.92 Å². The van der Waals surface area contributed by atoms with Crippen LogP contribution >= 0.6 is 11.8 Å².